The Morgan fingerprint density at radius 1 is 1.45 bits per heavy atom. The second kappa shape index (κ2) is 7.38. The van der Waals surface area contributed by atoms with Gasteiger partial charge in [0.05, 0.1) is 5.54 Å². The van der Waals surface area contributed by atoms with E-state index < -0.39 is 5.54 Å². The fraction of sp³-hybridized carbons (Fsp3) is 0.933. The monoisotopic (exact) mass is 284 g/mol. The van der Waals surface area contributed by atoms with E-state index in [9.17, 15) is 4.79 Å². The molecule has 0 aromatic heterocycles. The van der Waals surface area contributed by atoms with Crippen molar-refractivity contribution >= 4 is 5.91 Å². The van der Waals surface area contributed by atoms with Crippen LogP contribution in [-0.4, -0.2) is 67.1 Å². The molecule has 2 atom stereocenters. The summed E-state index contributed by atoms with van der Waals surface area (Å²) in [6.07, 6.45) is 3.10. The minimum absolute atomic E-state index is 0.235. The molecule has 5 nitrogen and oxygen atoms in total. The van der Waals surface area contributed by atoms with Gasteiger partial charge in [-0.25, -0.2) is 0 Å². The molecule has 0 radical (unpaired) electrons. The number of nitrogens with one attached hydrogen (secondary N) is 1. The van der Waals surface area contributed by atoms with Gasteiger partial charge in [-0.1, -0.05) is 6.92 Å². The van der Waals surface area contributed by atoms with E-state index in [0.29, 0.717) is 12.1 Å². The zero-order valence-electron chi connectivity index (χ0n) is 13.8. The number of carbonyl (C=O) groups is 1. The highest BCUT2D eigenvalue weighted by molar-refractivity contribution is 5.84. The second-order valence-electron chi connectivity index (χ2n) is 6.60. The van der Waals surface area contributed by atoms with Gasteiger partial charge in [0.15, 0.2) is 0 Å². The maximum Gasteiger partial charge on any atom is 0.237 e. The summed E-state index contributed by atoms with van der Waals surface area (Å²) in [5.41, 5.74) is 5.03. The van der Waals surface area contributed by atoms with E-state index in [0.717, 1.165) is 38.9 Å². The van der Waals surface area contributed by atoms with Crippen LogP contribution in [0.1, 0.15) is 40.0 Å². The minimum Gasteiger partial charge on any atom is -0.368 e. The minimum atomic E-state index is -0.577. The van der Waals surface area contributed by atoms with Crippen LogP contribution in [0.4, 0.5) is 0 Å². The molecule has 1 aliphatic carbocycles. The van der Waals surface area contributed by atoms with E-state index in [1.165, 1.54) is 0 Å². The molecule has 118 valence electrons. The molecule has 0 heterocycles. The van der Waals surface area contributed by atoms with Gasteiger partial charge in [0.25, 0.3) is 0 Å². The highest BCUT2D eigenvalue weighted by atomic mass is 16.1. The zero-order valence-corrected chi connectivity index (χ0v) is 13.8. The third kappa shape index (κ3) is 5.38. The predicted molar refractivity (Wildman–Crippen MR) is 83.6 cm³/mol. The van der Waals surface area contributed by atoms with Crippen LogP contribution in [0.5, 0.6) is 0 Å². The van der Waals surface area contributed by atoms with Crippen LogP contribution >= 0.6 is 0 Å². The van der Waals surface area contributed by atoms with Gasteiger partial charge in [0, 0.05) is 25.2 Å². The third-order valence-corrected chi connectivity index (χ3v) is 4.20. The van der Waals surface area contributed by atoms with Gasteiger partial charge in [-0.05, 0) is 53.8 Å². The first-order chi connectivity index (χ1) is 9.28. The maximum absolute atomic E-state index is 11.8. The van der Waals surface area contributed by atoms with Crippen LogP contribution in [0, 0.1) is 0 Å². The quantitative estimate of drug-likeness (QED) is 0.618. The molecule has 5 heteroatoms. The van der Waals surface area contributed by atoms with Gasteiger partial charge in [0.1, 0.15) is 0 Å². The zero-order chi connectivity index (χ0) is 15.3. The van der Waals surface area contributed by atoms with E-state index in [2.05, 4.69) is 43.1 Å². The predicted octanol–water partition coefficient (Wildman–Crippen LogP) is 0.645. The number of hydrogen-bond donors (Lipinski definition) is 2. The normalized spacial score (nSPS) is 20.1. The number of amides is 1. The highest BCUT2D eigenvalue weighted by Gasteiger charge is 2.37. The van der Waals surface area contributed by atoms with Crippen molar-refractivity contribution in [3.8, 4) is 0 Å². The highest BCUT2D eigenvalue weighted by Crippen LogP contribution is 2.24. The van der Waals surface area contributed by atoms with Crippen molar-refractivity contribution in [2.75, 3.05) is 33.7 Å². The van der Waals surface area contributed by atoms with Crippen LogP contribution in [-0.2, 0) is 4.79 Å². The molecule has 0 aromatic carbocycles. The molecule has 2 unspecified atom stereocenters. The van der Waals surface area contributed by atoms with Gasteiger partial charge in [-0.3, -0.25) is 9.69 Å². The lowest BCUT2D eigenvalue weighted by Crippen LogP contribution is -2.56. The van der Waals surface area contributed by atoms with Crippen LogP contribution in [0.25, 0.3) is 0 Å². The number of rotatable bonds is 10. The topological polar surface area (TPSA) is 61.6 Å². The van der Waals surface area contributed by atoms with Crippen LogP contribution in [0.15, 0.2) is 0 Å². The average Bonchev–Trinajstić information content (AvgIpc) is 3.12. The number of nitrogens with zero attached hydrogens (tertiary/aromatic N) is 2. The molecule has 1 saturated carbocycles. The van der Waals surface area contributed by atoms with Crippen molar-refractivity contribution in [1.82, 2.24) is 15.1 Å². The van der Waals surface area contributed by atoms with Gasteiger partial charge < -0.3 is 16.0 Å². The van der Waals surface area contributed by atoms with Crippen molar-refractivity contribution < 1.29 is 4.79 Å². The fourth-order valence-corrected chi connectivity index (χ4v) is 2.65. The molecule has 1 aliphatic rings. The van der Waals surface area contributed by atoms with E-state index >= 15 is 0 Å². The molecule has 0 aliphatic heterocycles. The SMILES string of the molecule is CCN(CCC(C)(NC1CC1)C(N)=O)C(C)CN(C)C. The molecular weight excluding hydrogens is 252 g/mol. The number of hydrogen-bond acceptors (Lipinski definition) is 4. The average molecular weight is 284 g/mol. The first-order valence-corrected chi connectivity index (χ1v) is 7.75. The van der Waals surface area contributed by atoms with Crippen molar-refractivity contribution in [2.24, 2.45) is 5.73 Å². The van der Waals surface area contributed by atoms with Gasteiger partial charge >= 0.3 is 0 Å². The molecule has 3 N–H and O–H groups in total. The lowest BCUT2D eigenvalue weighted by molar-refractivity contribution is -0.124. The van der Waals surface area contributed by atoms with Gasteiger partial charge in [-0.2, -0.15) is 0 Å². The standard InChI is InChI=1S/C15H32N4O/c1-6-19(12(2)11-18(4)5)10-9-15(3,14(16)20)17-13-7-8-13/h12-13,17H,6-11H2,1-5H3,(H2,16,20). The Balaban J connectivity index is 2.52. The summed E-state index contributed by atoms with van der Waals surface area (Å²) in [6.45, 7) is 9.26. The Morgan fingerprint density at radius 2 is 2.05 bits per heavy atom. The second-order valence-corrected chi connectivity index (χ2v) is 6.60. The summed E-state index contributed by atoms with van der Waals surface area (Å²) < 4.78 is 0. The summed E-state index contributed by atoms with van der Waals surface area (Å²) in [5.74, 6) is -0.235. The molecule has 1 amide bonds. The Morgan fingerprint density at radius 3 is 2.45 bits per heavy atom. The third-order valence-electron chi connectivity index (χ3n) is 4.20. The summed E-state index contributed by atoms with van der Waals surface area (Å²) >= 11 is 0. The van der Waals surface area contributed by atoms with Crippen molar-refractivity contribution in [1.29, 1.82) is 0 Å². The van der Waals surface area contributed by atoms with Crippen LogP contribution in [0.3, 0.4) is 0 Å². The van der Waals surface area contributed by atoms with E-state index in [-0.39, 0.29) is 5.91 Å². The lowest BCUT2D eigenvalue weighted by Gasteiger charge is -2.34. The van der Waals surface area contributed by atoms with E-state index in [4.69, 9.17) is 5.73 Å². The molecule has 0 spiro atoms. The van der Waals surface area contributed by atoms with Crippen molar-refractivity contribution in [2.45, 2.75) is 57.7 Å². The number of carbonyl (C=O) groups excluding carboxylic acids is 1. The summed E-state index contributed by atoms with van der Waals surface area (Å²) in [5, 5.41) is 3.41. The lowest BCUT2D eigenvalue weighted by atomic mass is 9.96. The van der Waals surface area contributed by atoms with E-state index in [1.807, 2.05) is 6.92 Å². The van der Waals surface area contributed by atoms with Crippen molar-refractivity contribution in [3.63, 3.8) is 0 Å². The van der Waals surface area contributed by atoms with Crippen molar-refractivity contribution in [3.05, 3.63) is 0 Å². The number of likely N-dealkylation sites (N-methyl/N-ethyl adjacent to an activating group) is 2. The molecule has 0 saturated heterocycles. The Bertz CT molecular complexity index is 317. The summed E-state index contributed by atoms with van der Waals surface area (Å²) in [4.78, 5) is 16.4. The smallest absolute Gasteiger partial charge is 0.237 e. The number of nitrogens with two attached hydrogens (primary N) is 1. The Kier molecular flexibility index (Phi) is 6.43. The largest absolute Gasteiger partial charge is 0.368 e. The maximum atomic E-state index is 11.8. The molecule has 1 fully saturated rings. The molecule has 1 rings (SSSR count). The first-order valence-electron chi connectivity index (χ1n) is 7.75. The van der Waals surface area contributed by atoms with Gasteiger partial charge in [0.2, 0.25) is 5.91 Å². The van der Waals surface area contributed by atoms with E-state index in [1.54, 1.807) is 0 Å². The van der Waals surface area contributed by atoms with Gasteiger partial charge in [-0.15, -0.1) is 0 Å². The van der Waals surface area contributed by atoms with Crippen LogP contribution < -0.4 is 11.1 Å². The summed E-state index contributed by atoms with van der Waals surface area (Å²) in [7, 11) is 4.18. The molecule has 20 heavy (non-hydrogen) atoms. The molecular formula is C15H32N4O. The van der Waals surface area contributed by atoms with Crippen LogP contribution in [0.2, 0.25) is 0 Å². The summed E-state index contributed by atoms with van der Waals surface area (Å²) in [6, 6.07) is 0.967. The number of primary amides is 1. The Hall–Kier alpha value is -0.650. The fourth-order valence-electron chi connectivity index (χ4n) is 2.65. The first kappa shape index (κ1) is 17.4. The Labute approximate surface area is 123 Å². The molecule has 0 aromatic rings. The molecule has 0 bridgehead atoms.